The van der Waals surface area contributed by atoms with Gasteiger partial charge in [-0.25, -0.2) is 4.79 Å². The lowest BCUT2D eigenvalue weighted by atomic mass is 10.1. The molecule has 0 aliphatic rings. The van der Waals surface area contributed by atoms with Gasteiger partial charge in [-0.05, 0) is 26.3 Å². The number of nitrogens with zero attached hydrogens (tertiary/aromatic N) is 3. The maximum atomic E-state index is 12.5. The molecule has 3 N–H and O–H groups in total. The minimum atomic E-state index is -0.911. The SMILES string of the molecule is CCOC(=O)c1c(C)oc(NC(=O)CSc2nnc(C)n2Cc2ccccc2)c1C(N)=O. The van der Waals surface area contributed by atoms with Crippen LogP contribution in [0.3, 0.4) is 0 Å². The molecule has 3 aromatic rings. The summed E-state index contributed by atoms with van der Waals surface area (Å²) in [5, 5.41) is 11.3. The lowest BCUT2D eigenvalue weighted by molar-refractivity contribution is -0.113. The molecule has 2 aromatic heterocycles. The summed E-state index contributed by atoms with van der Waals surface area (Å²) in [4.78, 5) is 36.6. The Labute approximate surface area is 188 Å². The second-order valence-corrected chi connectivity index (χ2v) is 7.70. The summed E-state index contributed by atoms with van der Waals surface area (Å²) >= 11 is 1.18. The zero-order valence-electron chi connectivity index (χ0n) is 17.9. The van der Waals surface area contributed by atoms with E-state index in [-0.39, 0.29) is 35.1 Å². The number of nitrogens with two attached hydrogens (primary N) is 1. The van der Waals surface area contributed by atoms with Gasteiger partial charge in [0.25, 0.3) is 5.91 Å². The number of furan rings is 1. The highest BCUT2D eigenvalue weighted by atomic mass is 32.2. The maximum Gasteiger partial charge on any atom is 0.342 e. The third-order valence-corrected chi connectivity index (χ3v) is 5.45. The van der Waals surface area contributed by atoms with E-state index in [1.54, 1.807) is 6.92 Å². The Hall–Kier alpha value is -3.60. The van der Waals surface area contributed by atoms with Crippen LogP contribution in [0.15, 0.2) is 39.9 Å². The normalized spacial score (nSPS) is 10.7. The number of primary amides is 1. The van der Waals surface area contributed by atoms with Crippen molar-refractivity contribution in [1.29, 1.82) is 0 Å². The first-order valence-corrected chi connectivity index (χ1v) is 10.8. The molecule has 0 saturated heterocycles. The summed E-state index contributed by atoms with van der Waals surface area (Å²) in [5.74, 6) is -1.50. The Balaban J connectivity index is 1.72. The number of thioether (sulfide) groups is 1. The number of carbonyl (C=O) groups excluding carboxylic acids is 3. The number of hydrogen-bond donors (Lipinski definition) is 2. The van der Waals surface area contributed by atoms with Gasteiger partial charge in [-0.2, -0.15) is 0 Å². The van der Waals surface area contributed by atoms with Gasteiger partial charge in [-0.1, -0.05) is 42.1 Å². The number of nitrogens with one attached hydrogen (secondary N) is 1. The molecule has 3 rings (SSSR count). The van der Waals surface area contributed by atoms with Crippen molar-refractivity contribution >= 4 is 35.4 Å². The average molecular weight is 458 g/mol. The molecule has 0 fully saturated rings. The van der Waals surface area contributed by atoms with Crippen molar-refractivity contribution in [3.63, 3.8) is 0 Å². The number of benzene rings is 1. The van der Waals surface area contributed by atoms with E-state index in [1.807, 2.05) is 41.8 Å². The largest absolute Gasteiger partial charge is 0.462 e. The van der Waals surface area contributed by atoms with E-state index >= 15 is 0 Å². The third kappa shape index (κ3) is 5.17. The molecule has 0 saturated carbocycles. The molecule has 0 radical (unpaired) electrons. The molecule has 0 bridgehead atoms. The fourth-order valence-corrected chi connectivity index (χ4v) is 3.81. The van der Waals surface area contributed by atoms with Crippen molar-refractivity contribution in [1.82, 2.24) is 14.8 Å². The molecule has 0 spiro atoms. The van der Waals surface area contributed by atoms with Crippen LogP contribution in [0.1, 0.15) is 44.8 Å². The van der Waals surface area contributed by atoms with Crippen LogP contribution in [-0.4, -0.2) is 44.9 Å². The predicted octanol–water partition coefficient (Wildman–Crippen LogP) is 2.54. The van der Waals surface area contributed by atoms with Gasteiger partial charge in [0.1, 0.15) is 22.7 Å². The Kier molecular flexibility index (Phi) is 7.31. The number of aromatic nitrogens is 3. The van der Waals surface area contributed by atoms with Crippen LogP contribution in [-0.2, 0) is 16.1 Å². The number of anilines is 1. The van der Waals surface area contributed by atoms with Crippen LogP contribution >= 0.6 is 11.8 Å². The van der Waals surface area contributed by atoms with E-state index < -0.39 is 17.8 Å². The van der Waals surface area contributed by atoms with E-state index in [2.05, 4.69) is 15.5 Å². The van der Waals surface area contributed by atoms with Crippen molar-refractivity contribution in [2.24, 2.45) is 5.73 Å². The first-order valence-electron chi connectivity index (χ1n) is 9.78. The van der Waals surface area contributed by atoms with Gasteiger partial charge in [-0.15, -0.1) is 10.2 Å². The lowest BCUT2D eigenvalue weighted by Crippen LogP contribution is -2.21. The number of esters is 1. The van der Waals surface area contributed by atoms with Crippen LogP contribution < -0.4 is 11.1 Å². The van der Waals surface area contributed by atoms with Crippen LogP contribution in [0.25, 0.3) is 0 Å². The van der Waals surface area contributed by atoms with Crippen molar-refractivity contribution in [3.05, 3.63) is 58.6 Å². The molecular formula is C21H23N5O5S. The molecule has 0 atom stereocenters. The standard InChI is InChI=1S/C21H23N5O5S/c1-4-30-20(29)16-12(2)31-19(17(16)18(22)28)23-15(27)11-32-21-25-24-13(3)26(21)10-14-8-6-5-7-9-14/h5-9H,4,10-11H2,1-3H3,(H2,22,28)(H,23,27). The summed E-state index contributed by atoms with van der Waals surface area (Å²) in [6, 6.07) is 9.81. The van der Waals surface area contributed by atoms with Crippen LogP contribution in [0.5, 0.6) is 0 Å². The fourth-order valence-electron chi connectivity index (χ4n) is 3.03. The summed E-state index contributed by atoms with van der Waals surface area (Å²) < 4.78 is 12.3. The highest BCUT2D eigenvalue weighted by Gasteiger charge is 2.29. The number of carbonyl (C=O) groups is 3. The van der Waals surface area contributed by atoms with Gasteiger partial charge >= 0.3 is 5.97 Å². The molecule has 0 unspecified atom stereocenters. The Morgan fingerprint density at radius 1 is 1.16 bits per heavy atom. The topological polar surface area (TPSA) is 142 Å². The van der Waals surface area contributed by atoms with Crippen LogP contribution in [0, 0.1) is 13.8 Å². The van der Waals surface area contributed by atoms with Gasteiger partial charge in [0.2, 0.25) is 11.8 Å². The minimum absolute atomic E-state index is 0.0282. The Bertz CT molecular complexity index is 1140. The van der Waals surface area contributed by atoms with E-state index in [1.165, 1.54) is 18.7 Å². The van der Waals surface area contributed by atoms with E-state index in [9.17, 15) is 14.4 Å². The second kappa shape index (κ2) is 10.1. The van der Waals surface area contributed by atoms with E-state index in [0.29, 0.717) is 17.5 Å². The van der Waals surface area contributed by atoms with Gasteiger partial charge in [0.05, 0.1) is 18.9 Å². The third-order valence-electron chi connectivity index (χ3n) is 4.48. The molecule has 2 amide bonds. The summed E-state index contributed by atoms with van der Waals surface area (Å²) in [6.45, 7) is 5.63. The molecule has 168 valence electrons. The molecular weight excluding hydrogens is 434 g/mol. The van der Waals surface area contributed by atoms with Gasteiger partial charge in [0.15, 0.2) is 5.16 Å². The van der Waals surface area contributed by atoms with E-state index in [0.717, 1.165) is 5.56 Å². The summed E-state index contributed by atoms with van der Waals surface area (Å²) in [7, 11) is 0. The quantitative estimate of drug-likeness (QED) is 0.369. The number of amides is 2. The van der Waals surface area contributed by atoms with Gasteiger partial charge in [-0.3, -0.25) is 14.9 Å². The van der Waals surface area contributed by atoms with Gasteiger partial charge in [0, 0.05) is 0 Å². The number of rotatable bonds is 9. The first-order chi connectivity index (χ1) is 15.3. The molecule has 11 heteroatoms. The molecule has 10 nitrogen and oxygen atoms in total. The summed E-state index contributed by atoms with van der Waals surface area (Å²) in [5.41, 5.74) is 6.17. The zero-order valence-corrected chi connectivity index (χ0v) is 18.7. The smallest absolute Gasteiger partial charge is 0.342 e. The zero-order chi connectivity index (χ0) is 23.3. The predicted molar refractivity (Wildman–Crippen MR) is 118 cm³/mol. The number of aryl methyl sites for hydroxylation is 2. The van der Waals surface area contributed by atoms with E-state index in [4.69, 9.17) is 14.9 Å². The molecule has 1 aromatic carbocycles. The highest BCUT2D eigenvalue weighted by Crippen LogP contribution is 2.28. The molecule has 0 aliphatic heterocycles. The van der Waals surface area contributed by atoms with Crippen LogP contribution in [0.4, 0.5) is 5.88 Å². The van der Waals surface area contributed by atoms with Crippen molar-refractivity contribution in [2.75, 3.05) is 17.7 Å². The van der Waals surface area contributed by atoms with Crippen molar-refractivity contribution in [2.45, 2.75) is 32.5 Å². The number of ether oxygens (including phenoxy) is 1. The number of hydrogen-bond acceptors (Lipinski definition) is 8. The lowest BCUT2D eigenvalue weighted by Gasteiger charge is -2.08. The minimum Gasteiger partial charge on any atom is -0.462 e. The molecule has 0 aliphatic carbocycles. The monoisotopic (exact) mass is 457 g/mol. The molecule has 32 heavy (non-hydrogen) atoms. The average Bonchev–Trinajstić information content (AvgIpc) is 3.26. The van der Waals surface area contributed by atoms with Crippen molar-refractivity contribution < 1.29 is 23.5 Å². The fraction of sp³-hybridized carbons (Fsp3) is 0.286. The Morgan fingerprint density at radius 3 is 2.53 bits per heavy atom. The molecule has 2 heterocycles. The van der Waals surface area contributed by atoms with Gasteiger partial charge < -0.3 is 19.5 Å². The highest BCUT2D eigenvalue weighted by molar-refractivity contribution is 7.99. The summed E-state index contributed by atoms with van der Waals surface area (Å²) in [6.07, 6.45) is 0. The van der Waals surface area contributed by atoms with Crippen LogP contribution in [0.2, 0.25) is 0 Å². The van der Waals surface area contributed by atoms with Crippen molar-refractivity contribution in [3.8, 4) is 0 Å². The first kappa shape index (κ1) is 23.1. The maximum absolute atomic E-state index is 12.5. The Morgan fingerprint density at radius 2 is 1.88 bits per heavy atom. The second-order valence-electron chi connectivity index (χ2n) is 6.76.